The summed E-state index contributed by atoms with van der Waals surface area (Å²) in [5.41, 5.74) is 6.43. The number of hydrogen-bond donors (Lipinski definition) is 1. The summed E-state index contributed by atoms with van der Waals surface area (Å²) in [6, 6.07) is 4.51. The van der Waals surface area contributed by atoms with Crippen LogP contribution < -0.4 is 0 Å². The molecule has 1 aliphatic rings. The summed E-state index contributed by atoms with van der Waals surface area (Å²) in [6.45, 7) is 8.56. The Morgan fingerprint density at radius 1 is 1.28 bits per heavy atom. The summed E-state index contributed by atoms with van der Waals surface area (Å²) in [7, 11) is 4.10. The molecule has 7 nitrogen and oxygen atoms in total. The summed E-state index contributed by atoms with van der Waals surface area (Å²) in [4.78, 5) is 26.3. The molecule has 5 heterocycles. The smallest absolute Gasteiger partial charge is 0.264 e. The molecule has 0 unspecified atom stereocenters. The van der Waals surface area contributed by atoms with Crippen molar-refractivity contribution in [3.63, 3.8) is 0 Å². The van der Waals surface area contributed by atoms with E-state index in [1.807, 2.05) is 28.7 Å². The number of H-pyrrole nitrogens is 1. The summed E-state index contributed by atoms with van der Waals surface area (Å²) >= 11 is 1.61. The maximum atomic E-state index is 13.3. The number of carbonyl (C=O) groups excluding carboxylic acids is 1. The third kappa shape index (κ3) is 3.51. The van der Waals surface area contributed by atoms with Gasteiger partial charge in [0.05, 0.1) is 20.8 Å². The van der Waals surface area contributed by atoms with Gasteiger partial charge in [-0.15, -0.1) is 11.3 Å². The number of fused-ring (bicyclic) bond motifs is 2. The Kier molecular flexibility index (Phi) is 5.29. The number of rotatable bonds is 4. The number of amides is 1. The summed E-state index contributed by atoms with van der Waals surface area (Å²) in [6.07, 6.45) is 5.68. The molecule has 1 saturated heterocycles. The minimum Gasteiger partial charge on any atom is -0.354 e. The Hall–Kier alpha value is -2.71. The first-order valence-corrected chi connectivity index (χ1v) is 12.1. The van der Waals surface area contributed by atoms with Crippen LogP contribution in [0.1, 0.15) is 53.4 Å². The van der Waals surface area contributed by atoms with Crippen molar-refractivity contribution in [2.45, 2.75) is 45.6 Å². The molecule has 5 rings (SSSR count). The largest absolute Gasteiger partial charge is 0.354 e. The van der Waals surface area contributed by atoms with E-state index in [0.29, 0.717) is 12.0 Å². The number of likely N-dealkylation sites (tertiary alicyclic amines) is 1. The quantitative estimate of drug-likeness (QED) is 0.496. The Labute approximate surface area is 192 Å². The normalized spacial score (nSPS) is 15.9. The molecule has 0 saturated carbocycles. The van der Waals surface area contributed by atoms with Crippen LogP contribution in [-0.4, -0.2) is 68.5 Å². The molecule has 1 aliphatic heterocycles. The highest BCUT2D eigenvalue weighted by molar-refractivity contribution is 7.21. The molecule has 4 aromatic heterocycles. The van der Waals surface area contributed by atoms with Gasteiger partial charge in [-0.3, -0.25) is 4.79 Å². The van der Waals surface area contributed by atoms with E-state index < -0.39 is 0 Å². The number of carbonyl (C=O) groups is 1. The number of aryl methyl sites for hydroxylation is 1. The van der Waals surface area contributed by atoms with Crippen LogP contribution in [0.5, 0.6) is 0 Å². The highest BCUT2D eigenvalue weighted by Crippen LogP contribution is 2.40. The number of hydrogen-bond acceptors (Lipinski definition) is 5. The fourth-order valence-electron chi connectivity index (χ4n) is 4.84. The van der Waals surface area contributed by atoms with Gasteiger partial charge in [0.15, 0.2) is 5.65 Å². The van der Waals surface area contributed by atoms with Crippen LogP contribution in [-0.2, 0) is 0 Å². The molecule has 8 heteroatoms. The number of aromatic amines is 1. The van der Waals surface area contributed by atoms with E-state index in [0.717, 1.165) is 58.8 Å². The summed E-state index contributed by atoms with van der Waals surface area (Å²) < 4.78 is 3.00. The Morgan fingerprint density at radius 3 is 2.75 bits per heavy atom. The lowest BCUT2D eigenvalue weighted by Crippen LogP contribution is -2.44. The number of aromatic nitrogens is 4. The molecule has 4 aromatic rings. The van der Waals surface area contributed by atoms with Crippen molar-refractivity contribution in [1.82, 2.24) is 29.4 Å². The predicted octanol–water partition coefficient (Wildman–Crippen LogP) is 4.54. The van der Waals surface area contributed by atoms with E-state index in [2.05, 4.69) is 53.9 Å². The number of pyridine rings is 1. The topological polar surface area (TPSA) is 69.5 Å². The van der Waals surface area contributed by atoms with E-state index in [1.165, 1.54) is 10.3 Å². The highest BCUT2D eigenvalue weighted by atomic mass is 32.1. The van der Waals surface area contributed by atoms with Crippen molar-refractivity contribution in [3.05, 3.63) is 40.7 Å². The van der Waals surface area contributed by atoms with Gasteiger partial charge in [0.25, 0.3) is 5.91 Å². The minimum atomic E-state index is 0.130. The van der Waals surface area contributed by atoms with Gasteiger partial charge in [0, 0.05) is 24.8 Å². The Balaban J connectivity index is 1.51. The molecule has 0 bridgehead atoms. The van der Waals surface area contributed by atoms with Crippen LogP contribution >= 0.6 is 11.3 Å². The van der Waals surface area contributed by atoms with Crippen molar-refractivity contribution < 1.29 is 4.79 Å². The molecule has 0 radical (unpaired) electrons. The monoisotopic (exact) mass is 450 g/mol. The van der Waals surface area contributed by atoms with E-state index in [4.69, 9.17) is 0 Å². The molecule has 0 atom stereocenters. The Morgan fingerprint density at radius 2 is 2.03 bits per heavy atom. The zero-order valence-corrected chi connectivity index (χ0v) is 20.2. The van der Waals surface area contributed by atoms with Crippen molar-refractivity contribution in [2.24, 2.45) is 0 Å². The van der Waals surface area contributed by atoms with Gasteiger partial charge in [0.1, 0.15) is 6.33 Å². The molecule has 0 spiro atoms. The van der Waals surface area contributed by atoms with Crippen LogP contribution in [0.25, 0.3) is 27.1 Å². The van der Waals surface area contributed by atoms with Crippen LogP contribution in [0.15, 0.2) is 24.7 Å². The first kappa shape index (κ1) is 21.2. The van der Waals surface area contributed by atoms with E-state index in [1.54, 1.807) is 17.7 Å². The van der Waals surface area contributed by atoms with Crippen molar-refractivity contribution in [2.75, 3.05) is 27.2 Å². The lowest BCUT2D eigenvalue weighted by molar-refractivity contribution is 0.0664. The standard InChI is InChI=1S/C24H30N6OS/c1-14(2)20-21(16-10-15(3)23-25-13-26-30(23)12-16)27-18-11-19(32-22(18)20)24(31)29(5)17-6-8-28(4)9-7-17/h10-14,17,27H,6-9H2,1-5H3. The number of nitrogens with one attached hydrogen (secondary N) is 1. The number of piperidine rings is 1. The second-order valence-electron chi connectivity index (χ2n) is 9.31. The van der Waals surface area contributed by atoms with Crippen LogP contribution in [0, 0.1) is 6.92 Å². The first-order chi connectivity index (χ1) is 15.3. The molecule has 0 aromatic carbocycles. The first-order valence-electron chi connectivity index (χ1n) is 11.2. The lowest BCUT2D eigenvalue weighted by Gasteiger charge is -2.34. The average molecular weight is 451 g/mol. The van der Waals surface area contributed by atoms with Gasteiger partial charge >= 0.3 is 0 Å². The van der Waals surface area contributed by atoms with E-state index in [-0.39, 0.29) is 5.91 Å². The Bertz CT molecular complexity index is 1290. The van der Waals surface area contributed by atoms with Crippen molar-refractivity contribution in [1.29, 1.82) is 0 Å². The third-order valence-electron chi connectivity index (χ3n) is 6.70. The predicted molar refractivity (Wildman–Crippen MR) is 130 cm³/mol. The highest BCUT2D eigenvalue weighted by Gasteiger charge is 2.27. The van der Waals surface area contributed by atoms with Crippen LogP contribution in [0.4, 0.5) is 0 Å². The zero-order valence-electron chi connectivity index (χ0n) is 19.3. The van der Waals surface area contributed by atoms with Gasteiger partial charge in [-0.1, -0.05) is 13.8 Å². The molecule has 1 N–H and O–H groups in total. The lowest BCUT2D eigenvalue weighted by atomic mass is 9.99. The molecule has 168 valence electrons. The second kappa shape index (κ2) is 8.01. The molecule has 0 aliphatic carbocycles. The maximum absolute atomic E-state index is 13.3. The van der Waals surface area contributed by atoms with Crippen LogP contribution in [0.2, 0.25) is 0 Å². The van der Waals surface area contributed by atoms with Gasteiger partial charge in [-0.05, 0) is 69.1 Å². The SMILES string of the molecule is Cc1cc(-c2[nH]c3cc(C(=O)N(C)C4CCN(C)CC4)sc3c2C(C)C)cn2ncnc12. The van der Waals surface area contributed by atoms with Crippen LogP contribution in [0.3, 0.4) is 0 Å². The second-order valence-corrected chi connectivity index (χ2v) is 10.4. The summed E-state index contributed by atoms with van der Waals surface area (Å²) in [5, 5.41) is 4.33. The maximum Gasteiger partial charge on any atom is 0.264 e. The van der Waals surface area contributed by atoms with Gasteiger partial charge in [0.2, 0.25) is 0 Å². The van der Waals surface area contributed by atoms with Gasteiger partial charge in [-0.2, -0.15) is 5.10 Å². The van der Waals surface area contributed by atoms with Crippen molar-refractivity contribution in [3.8, 4) is 11.3 Å². The van der Waals surface area contributed by atoms with Gasteiger partial charge in [-0.25, -0.2) is 9.50 Å². The minimum absolute atomic E-state index is 0.130. The zero-order chi connectivity index (χ0) is 22.6. The van der Waals surface area contributed by atoms with E-state index >= 15 is 0 Å². The van der Waals surface area contributed by atoms with Crippen molar-refractivity contribution >= 4 is 33.1 Å². The molecule has 1 fully saturated rings. The third-order valence-corrected chi connectivity index (χ3v) is 7.85. The molecule has 1 amide bonds. The van der Waals surface area contributed by atoms with E-state index in [9.17, 15) is 4.79 Å². The number of nitrogens with zero attached hydrogens (tertiary/aromatic N) is 5. The fourth-order valence-corrected chi connectivity index (χ4v) is 6.13. The molecule has 32 heavy (non-hydrogen) atoms. The number of thiophene rings is 1. The van der Waals surface area contributed by atoms with Gasteiger partial charge < -0.3 is 14.8 Å². The molecular weight excluding hydrogens is 420 g/mol. The molecular formula is C24H30N6OS. The fraction of sp³-hybridized carbons (Fsp3) is 0.458. The summed E-state index contributed by atoms with van der Waals surface area (Å²) in [5.74, 6) is 0.448. The average Bonchev–Trinajstić information content (AvgIpc) is 3.47.